The monoisotopic (exact) mass is 470 g/mol. The lowest BCUT2D eigenvalue weighted by atomic mass is 10.1. The smallest absolute Gasteiger partial charge is 0.338 e. The lowest BCUT2D eigenvalue weighted by molar-refractivity contribution is -0.114. The Morgan fingerprint density at radius 1 is 0.971 bits per heavy atom. The summed E-state index contributed by atoms with van der Waals surface area (Å²) < 4.78 is 10.9. The number of ether oxygens (including phenoxy) is 1. The van der Waals surface area contributed by atoms with E-state index in [0.29, 0.717) is 28.6 Å². The molecule has 1 heterocycles. The Morgan fingerprint density at radius 3 is 2.40 bits per heavy atom. The molecule has 0 aliphatic carbocycles. The molecule has 0 aliphatic rings. The molecule has 1 aromatic heterocycles. The number of anilines is 2. The summed E-state index contributed by atoms with van der Waals surface area (Å²) in [4.78, 5) is 37.9. The Balaban J connectivity index is 1.53. The van der Waals surface area contributed by atoms with Crippen LogP contribution in [0.5, 0.6) is 0 Å². The van der Waals surface area contributed by atoms with E-state index in [1.54, 1.807) is 24.3 Å². The lowest BCUT2D eigenvalue weighted by Crippen LogP contribution is -2.22. The molecule has 1 N–H and O–H groups in total. The van der Waals surface area contributed by atoms with Gasteiger partial charge >= 0.3 is 11.6 Å². The van der Waals surface area contributed by atoms with Crippen LogP contribution in [0.2, 0.25) is 0 Å². The summed E-state index contributed by atoms with van der Waals surface area (Å²) in [5.41, 5.74) is 3.68. The van der Waals surface area contributed by atoms with E-state index in [4.69, 9.17) is 9.15 Å². The van der Waals surface area contributed by atoms with Gasteiger partial charge in [0, 0.05) is 54.5 Å². The molecule has 0 saturated heterocycles. The van der Waals surface area contributed by atoms with Gasteiger partial charge in [0.05, 0.1) is 5.56 Å². The van der Waals surface area contributed by atoms with Crippen LogP contribution in [-0.4, -0.2) is 18.4 Å². The van der Waals surface area contributed by atoms with Gasteiger partial charge in [0.25, 0.3) is 0 Å². The van der Waals surface area contributed by atoms with Crippen LogP contribution < -0.4 is 15.8 Å². The number of fused-ring (bicyclic) bond motifs is 1. The third-order valence-corrected chi connectivity index (χ3v) is 5.58. The Hall–Kier alpha value is -4.39. The van der Waals surface area contributed by atoms with Crippen molar-refractivity contribution in [3.05, 3.63) is 106 Å². The first-order valence-corrected chi connectivity index (χ1v) is 11.3. The second-order valence-electron chi connectivity index (χ2n) is 8.11. The summed E-state index contributed by atoms with van der Waals surface area (Å²) in [6.07, 6.45) is 0. The van der Waals surface area contributed by atoms with Crippen LogP contribution in [-0.2, 0) is 22.7 Å². The predicted octanol–water partition coefficient (Wildman–Crippen LogP) is 5.13. The van der Waals surface area contributed by atoms with Crippen molar-refractivity contribution >= 4 is 34.2 Å². The second-order valence-corrected chi connectivity index (χ2v) is 8.11. The van der Waals surface area contributed by atoms with E-state index in [1.165, 1.54) is 13.0 Å². The van der Waals surface area contributed by atoms with Crippen molar-refractivity contribution in [3.8, 4) is 0 Å². The average Bonchev–Trinajstić information content (AvgIpc) is 2.86. The number of amides is 1. The average molecular weight is 471 g/mol. The van der Waals surface area contributed by atoms with Crippen LogP contribution in [0, 0.1) is 0 Å². The highest BCUT2D eigenvalue weighted by Gasteiger charge is 2.13. The number of carbonyl (C=O) groups excluding carboxylic acids is 2. The molecular weight excluding hydrogens is 444 g/mol. The topological polar surface area (TPSA) is 88.9 Å². The number of esters is 1. The zero-order valence-corrected chi connectivity index (χ0v) is 19.6. The summed E-state index contributed by atoms with van der Waals surface area (Å²) >= 11 is 0. The molecule has 0 fully saturated rings. The van der Waals surface area contributed by atoms with E-state index < -0.39 is 11.6 Å². The highest BCUT2D eigenvalue weighted by molar-refractivity contribution is 5.90. The normalized spacial score (nSPS) is 10.7. The molecule has 178 valence electrons. The van der Waals surface area contributed by atoms with Crippen LogP contribution in [0.4, 0.5) is 11.4 Å². The fraction of sp³-hybridized carbons (Fsp3) is 0.179. The fourth-order valence-corrected chi connectivity index (χ4v) is 3.84. The highest BCUT2D eigenvalue weighted by atomic mass is 16.5. The molecule has 4 rings (SSSR count). The number of hydrogen-bond donors (Lipinski definition) is 1. The molecule has 0 spiro atoms. The molecule has 35 heavy (non-hydrogen) atoms. The van der Waals surface area contributed by atoms with E-state index in [2.05, 4.69) is 10.2 Å². The van der Waals surface area contributed by atoms with Gasteiger partial charge in [-0.15, -0.1) is 0 Å². The fourth-order valence-electron chi connectivity index (χ4n) is 3.84. The van der Waals surface area contributed by atoms with Gasteiger partial charge in [0.2, 0.25) is 5.91 Å². The number of nitrogens with one attached hydrogen (secondary N) is 1. The van der Waals surface area contributed by atoms with Crippen molar-refractivity contribution in [2.24, 2.45) is 0 Å². The van der Waals surface area contributed by atoms with Crippen molar-refractivity contribution in [2.45, 2.75) is 27.0 Å². The molecule has 0 saturated carbocycles. The zero-order chi connectivity index (χ0) is 24.8. The van der Waals surface area contributed by atoms with E-state index in [9.17, 15) is 14.4 Å². The molecule has 3 aromatic carbocycles. The van der Waals surface area contributed by atoms with Crippen LogP contribution in [0.15, 0.2) is 88.1 Å². The van der Waals surface area contributed by atoms with Gasteiger partial charge in [-0.05, 0) is 48.9 Å². The number of hydrogen-bond acceptors (Lipinski definition) is 6. The minimum absolute atomic E-state index is 0.0344. The minimum Gasteiger partial charge on any atom is -0.457 e. The van der Waals surface area contributed by atoms with Crippen LogP contribution in [0.25, 0.3) is 11.0 Å². The van der Waals surface area contributed by atoms with Crippen molar-refractivity contribution in [1.29, 1.82) is 0 Å². The van der Waals surface area contributed by atoms with Crippen LogP contribution in [0.1, 0.15) is 35.3 Å². The van der Waals surface area contributed by atoms with Gasteiger partial charge in [0.1, 0.15) is 12.2 Å². The quantitative estimate of drug-likeness (QED) is 0.284. The highest BCUT2D eigenvalue weighted by Crippen LogP contribution is 2.26. The molecule has 7 heteroatoms. The first-order chi connectivity index (χ1) is 16.9. The van der Waals surface area contributed by atoms with Gasteiger partial charge in [-0.1, -0.05) is 30.3 Å². The van der Waals surface area contributed by atoms with Crippen LogP contribution in [0.3, 0.4) is 0 Å². The molecule has 0 bridgehead atoms. The van der Waals surface area contributed by atoms with Crippen molar-refractivity contribution in [1.82, 2.24) is 0 Å². The van der Waals surface area contributed by atoms with Crippen molar-refractivity contribution in [3.63, 3.8) is 0 Å². The van der Waals surface area contributed by atoms with E-state index in [-0.39, 0.29) is 12.5 Å². The number of benzene rings is 3. The molecular formula is C28H26N2O5. The number of rotatable bonds is 8. The van der Waals surface area contributed by atoms with Crippen molar-refractivity contribution < 1.29 is 18.7 Å². The third kappa shape index (κ3) is 5.95. The summed E-state index contributed by atoms with van der Waals surface area (Å²) in [5.74, 6) is -0.565. The second kappa shape index (κ2) is 10.7. The van der Waals surface area contributed by atoms with Gasteiger partial charge in [0.15, 0.2) is 0 Å². The predicted molar refractivity (Wildman–Crippen MR) is 136 cm³/mol. The van der Waals surface area contributed by atoms with Gasteiger partial charge in [-0.3, -0.25) is 4.79 Å². The third-order valence-electron chi connectivity index (χ3n) is 5.58. The Bertz CT molecular complexity index is 1390. The summed E-state index contributed by atoms with van der Waals surface area (Å²) in [6, 6.07) is 23.4. The largest absolute Gasteiger partial charge is 0.457 e. The van der Waals surface area contributed by atoms with E-state index in [1.807, 2.05) is 55.5 Å². The standard InChI is InChI=1S/C28H26N2O5/c1-3-30(17-20-9-11-23(12-10-20)29-19(2)31)24-13-14-25-22(15-27(32)35-26(25)16-24)18-34-28(33)21-7-5-4-6-8-21/h4-16H,3,17-18H2,1-2H3,(H,29,31). The summed E-state index contributed by atoms with van der Waals surface area (Å²) in [6.45, 7) is 4.86. The first kappa shape index (κ1) is 23.8. The maximum Gasteiger partial charge on any atom is 0.338 e. The molecule has 1 amide bonds. The SMILES string of the molecule is CCN(Cc1ccc(NC(C)=O)cc1)c1ccc2c(COC(=O)c3ccccc3)cc(=O)oc2c1. The molecule has 7 nitrogen and oxygen atoms in total. The maximum atomic E-state index is 12.3. The Morgan fingerprint density at radius 2 is 1.71 bits per heavy atom. The zero-order valence-electron chi connectivity index (χ0n) is 19.6. The Labute approximate surface area is 202 Å². The van der Waals surface area contributed by atoms with Gasteiger partial charge in [-0.2, -0.15) is 0 Å². The van der Waals surface area contributed by atoms with E-state index in [0.717, 1.165) is 23.5 Å². The Kier molecular flexibility index (Phi) is 7.26. The van der Waals surface area contributed by atoms with Gasteiger partial charge < -0.3 is 19.4 Å². The molecule has 4 aromatic rings. The van der Waals surface area contributed by atoms with Crippen LogP contribution >= 0.6 is 0 Å². The minimum atomic E-state index is -0.503. The first-order valence-electron chi connectivity index (χ1n) is 11.3. The lowest BCUT2D eigenvalue weighted by Gasteiger charge is -2.23. The molecule has 0 unspecified atom stereocenters. The number of carbonyl (C=O) groups is 2. The molecule has 0 atom stereocenters. The molecule has 0 radical (unpaired) electrons. The van der Waals surface area contributed by atoms with Crippen molar-refractivity contribution in [2.75, 3.05) is 16.8 Å². The summed E-state index contributed by atoms with van der Waals surface area (Å²) in [7, 11) is 0. The van der Waals surface area contributed by atoms with E-state index >= 15 is 0 Å². The number of nitrogens with zero attached hydrogens (tertiary/aromatic N) is 1. The van der Waals surface area contributed by atoms with Gasteiger partial charge in [-0.25, -0.2) is 9.59 Å². The maximum absolute atomic E-state index is 12.3. The molecule has 0 aliphatic heterocycles. The summed E-state index contributed by atoms with van der Waals surface area (Å²) in [5, 5.41) is 3.48.